The van der Waals surface area contributed by atoms with Crippen LogP contribution in [0.4, 0.5) is 0 Å². The number of nitrogens with one attached hydrogen (secondary N) is 1. The highest BCUT2D eigenvalue weighted by atomic mass is 35.5. The molecule has 0 saturated heterocycles. The zero-order valence-corrected chi connectivity index (χ0v) is 20.3. The molecule has 0 aromatic heterocycles. The number of hydrogen-bond acceptors (Lipinski definition) is 3. The maximum Gasteiger partial charge on any atom is 0.243 e. The topological polar surface area (TPSA) is 49.4 Å². The van der Waals surface area contributed by atoms with Crippen LogP contribution < -0.4 is 5.32 Å². The van der Waals surface area contributed by atoms with Crippen molar-refractivity contribution in [1.82, 2.24) is 10.2 Å². The fourth-order valence-corrected chi connectivity index (χ4v) is 5.25. The van der Waals surface area contributed by atoms with Crippen LogP contribution in [0.25, 0.3) is 0 Å². The van der Waals surface area contributed by atoms with Crippen molar-refractivity contribution in [2.45, 2.75) is 69.8 Å². The highest BCUT2D eigenvalue weighted by molar-refractivity contribution is 7.98. The molecule has 6 heteroatoms. The second-order valence-corrected chi connectivity index (χ2v) is 9.83. The van der Waals surface area contributed by atoms with E-state index in [0.29, 0.717) is 30.2 Å². The molecule has 1 N–H and O–H groups in total. The first-order valence-corrected chi connectivity index (χ1v) is 13.1. The van der Waals surface area contributed by atoms with Crippen molar-refractivity contribution in [2.24, 2.45) is 0 Å². The summed E-state index contributed by atoms with van der Waals surface area (Å²) < 4.78 is 0. The Labute approximate surface area is 201 Å². The summed E-state index contributed by atoms with van der Waals surface area (Å²) in [6.45, 7) is 2.31. The molecule has 2 aromatic rings. The Balaban J connectivity index is 1.66. The molecule has 3 rings (SSSR count). The summed E-state index contributed by atoms with van der Waals surface area (Å²) in [5.41, 5.74) is 2.12. The first kappa shape index (κ1) is 24.7. The van der Waals surface area contributed by atoms with E-state index in [0.717, 1.165) is 37.0 Å². The third-order valence-electron chi connectivity index (χ3n) is 5.96. The highest BCUT2D eigenvalue weighted by Gasteiger charge is 2.30. The number of hydrogen-bond donors (Lipinski definition) is 1. The van der Waals surface area contributed by atoms with Crippen LogP contribution in [0.3, 0.4) is 0 Å². The Hall–Kier alpha value is -1.98. The van der Waals surface area contributed by atoms with Crippen LogP contribution in [0.2, 0.25) is 5.02 Å². The third-order valence-corrected chi connectivity index (χ3v) is 7.36. The summed E-state index contributed by atoms with van der Waals surface area (Å²) in [5.74, 6) is 1.54. The van der Waals surface area contributed by atoms with E-state index in [1.165, 1.54) is 5.56 Å². The summed E-state index contributed by atoms with van der Waals surface area (Å²) >= 11 is 8.13. The van der Waals surface area contributed by atoms with Gasteiger partial charge in [-0.2, -0.15) is 11.8 Å². The standard InChI is InChI=1S/C26H33ClN2O2S/c1-2-24(26(31)28-22-13-7-8-14-22)29(18-21-12-6-9-15-23(21)27)25(30)16-17-32-19-20-10-4-3-5-11-20/h3-6,9-12,15,22,24H,2,7-8,13-14,16-19H2,1H3,(H,28,31)/t24-/m1/s1. The van der Waals surface area contributed by atoms with E-state index < -0.39 is 6.04 Å². The Morgan fingerprint density at radius 3 is 2.47 bits per heavy atom. The number of rotatable bonds is 11. The number of carbonyl (C=O) groups excluding carboxylic acids is 2. The maximum atomic E-state index is 13.3. The SMILES string of the molecule is CC[C@H](C(=O)NC1CCCC1)N(Cc1ccccc1Cl)C(=O)CCSCc1ccccc1. The molecule has 172 valence electrons. The smallest absolute Gasteiger partial charge is 0.243 e. The molecule has 0 heterocycles. The minimum absolute atomic E-state index is 0.00102. The number of benzene rings is 2. The van der Waals surface area contributed by atoms with Crippen LogP contribution >= 0.6 is 23.4 Å². The van der Waals surface area contributed by atoms with Gasteiger partial charge in [0, 0.05) is 35.5 Å². The number of nitrogens with zero attached hydrogens (tertiary/aromatic N) is 1. The monoisotopic (exact) mass is 472 g/mol. The quantitative estimate of drug-likeness (QED) is 0.418. The fourth-order valence-electron chi connectivity index (χ4n) is 4.16. The second kappa shape index (κ2) is 12.9. The molecule has 2 aromatic carbocycles. The van der Waals surface area contributed by atoms with Gasteiger partial charge in [-0.25, -0.2) is 0 Å². The van der Waals surface area contributed by atoms with E-state index in [1.807, 2.05) is 49.4 Å². The molecule has 0 aliphatic heterocycles. The van der Waals surface area contributed by atoms with Crippen molar-refractivity contribution in [3.05, 3.63) is 70.7 Å². The van der Waals surface area contributed by atoms with Crippen LogP contribution in [0.5, 0.6) is 0 Å². The van der Waals surface area contributed by atoms with Gasteiger partial charge in [-0.15, -0.1) is 0 Å². The van der Waals surface area contributed by atoms with Gasteiger partial charge in [0.25, 0.3) is 0 Å². The van der Waals surface area contributed by atoms with E-state index in [1.54, 1.807) is 16.7 Å². The van der Waals surface area contributed by atoms with Gasteiger partial charge in [-0.05, 0) is 36.5 Å². The van der Waals surface area contributed by atoms with Gasteiger partial charge in [-0.1, -0.05) is 79.9 Å². The van der Waals surface area contributed by atoms with Crippen molar-refractivity contribution >= 4 is 35.2 Å². The van der Waals surface area contributed by atoms with Gasteiger partial charge in [-0.3, -0.25) is 9.59 Å². The molecule has 1 aliphatic carbocycles. The lowest BCUT2D eigenvalue weighted by atomic mass is 10.1. The van der Waals surface area contributed by atoms with Crippen molar-refractivity contribution in [1.29, 1.82) is 0 Å². The predicted octanol–water partition coefficient (Wildman–Crippen LogP) is 5.83. The van der Waals surface area contributed by atoms with E-state index in [9.17, 15) is 9.59 Å². The van der Waals surface area contributed by atoms with Gasteiger partial charge in [0.05, 0.1) is 0 Å². The van der Waals surface area contributed by atoms with Crippen molar-refractivity contribution in [3.8, 4) is 0 Å². The highest BCUT2D eigenvalue weighted by Crippen LogP contribution is 2.23. The number of amides is 2. The average Bonchev–Trinajstić information content (AvgIpc) is 3.31. The van der Waals surface area contributed by atoms with Crippen LogP contribution in [-0.4, -0.2) is 34.6 Å². The number of halogens is 1. The van der Waals surface area contributed by atoms with Crippen LogP contribution in [-0.2, 0) is 21.9 Å². The molecule has 0 bridgehead atoms. The van der Waals surface area contributed by atoms with Gasteiger partial charge < -0.3 is 10.2 Å². The molecule has 1 aliphatic rings. The summed E-state index contributed by atoms with van der Waals surface area (Å²) in [4.78, 5) is 28.2. The minimum Gasteiger partial charge on any atom is -0.352 e. The van der Waals surface area contributed by atoms with E-state index >= 15 is 0 Å². The predicted molar refractivity (Wildman–Crippen MR) is 134 cm³/mol. The van der Waals surface area contributed by atoms with Crippen molar-refractivity contribution in [3.63, 3.8) is 0 Å². The van der Waals surface area contributed by atoms with E-state index in [2.05, 4.69) is 17.4 Å². The first-order chi connectivity index (χ1) is 15.6. The summed E-state index contributed by atoms with van der Waals surface area (Å²) in [7, 11) is 0. The molecule has 0 unspecified atom stereocenters. The second-order valence-electron chi connectivity index (χ2n) is 8.32. The van der Waals surface area contributed by atoms with Crippen LogP contribution in [0.15, 0.2) is 54.6 Å². The van der Waals surface area contributed by atoms with Gasteiger partial charge in [0.1, 0.15) is 6.04 Å². The fraction of sp³-hybridized carbons (Fsp3) is 0.462. The Morgan fingerprint density at radius 1 is 1.09 bits per heavy atom. The van der Waals surface area contributed by atoms with Crippen molar-refractivity contribution in [2.75, 3.05) is 5.75 Å². The Morgan fingerprint density at radius 2 is 1.78 bits per heavy atom. The molecule has 1 atom stereocenters. The third kappa shape index (κ3) is 7.28. The lowest BCUT2D eigenvalue weighted by Crippen LogP contribution is -2.51. The largest absolute Gasteiger partial charge is 0.352 e. The minimum atomic E-state index is -0.488. The van der Waals surface area contributed by atoms with Crippen LogP contribution in [0, 0.1) is 0 Å². The maximum absolute atomic E-state index is 13.3. The van der Waals surface area contributed by atoms with E-state index in [-0.39, 0.29) is 17.9 Å². The lowest BCUT2D eigenvalue weighted by molar-refractivity contribution is -0.141. The molecule has 2 amide bonds. The van der Waals surface area contributed by atoms with Gasteiger partial charge in [0.15, 0.2) is 0 Å². The molecule has 1 fully saturated rings. The zero-order chi connectivity index (χ0) is 22.8. The first-order valence-electron chi connectivity index (χ1n) is 11.5. The molecule has 0 spiro atoms. The normalized spacial score (nSPS) is 14.8. The zero-order valence-electron chi connectivity index (χ0n) is 18.8. The van der Waals surface area contributed by atoms with E-state index in [4.69, 9.17) is 11.6 Å². The lowest BCUT2D eigenvalue weighted by Gasteiger charge is -2.32. The number of carbonyl (C=O) groups is 2. The molecule has 32 heavy (non-hydrogen) atoms. The molecular formula is C26H33ClN2O2S. The van der Waals surface area contributed by atoms with Gasteiger partial charge in [0.2, 0.25) is 11.8 Å². The molecular weight excluding hydrogens is 440 g/mol. The van der Waals surface area contributed by atoms with Crippen LogP contribution in [0.1, 0.15) is 56.6 Å². The molecule has 0 radical (unpaired) electrons. The summed E-state index contributed by atoms with van der Waals surface area (Å²) in [6, 6.07) is 17.5. The Bertz CT molecular complexity index is 871. The summed E-state index contributed by atoms with van der Waals surface area (Å²) in [5, 5.41) is 3.80. The van der Waals surface area contributed by atoms with Crippen molar-refractivity contribution < 1.29 is 9.59 Å². The van der Waals surface area contributed by atoms with Gasteiger partial charge >= 0.3 is 0 Å². The molecule has 1 saturated carbocycles. The number of thioether (sulfide) groups is 1. The Kier molecular flexibility index (Phi) is 9.94. The molecule has 4 nitrogen and oxygen atoms in total. The average molecular weight is 473 g/mol. The summed E-state index contributed by atoms with van der Waals surface area (Å²) in [6.07, 6.45) is 5.33.